The summed E-state index contributed by atoms with van der Waals surface area (Å²) in [6, 6.07) is 5.58. The van der Waals surface area contributed by atoms with Crippen LogP contribution in [0.25, 0.3) is 11.0 Å². The molecule has 0 saturated carbocycles. The van der Waals surface area contributed by atoms with Gasteiger partial charge in [0.25, 0.3) is 0 Å². The third-order valence-corrected chi connectivity index (χ3v) is 3.48. The van der Waals surface area contributed by atoms with Crippen LogP contribution in [0.3, 0.4) is 0 Å². The van der Waals surface area contributed by atoms with Crippen molar-refractivity contribution in [3.05, 3.63) is 28.4 Å². The van der Waals surface area contributed by atoms with E-state index in [9.17, 15) is 4.79 Å². The Labute approximate surface area is 113 Å². The molecule has 0 saturated heterocycles. The summed E-state index contributed by atoms with van der Waals surface area (Å²) >= 11 is 3.47. The van der Waals surface area contributed by atoms with Gasteiger partial charge in [0, 0.05) is 11.8 Å². The first kappa shape index (κ1) is 13.0. The van der Waals surface area contributed by atoms with Gasteiger partial charge in [0.05, 0.1) is 23.2 Å². The standard InChI is InChI=1S/C13H14BrNO3/c1-2-17-11(16)7-6-10-12(14)8-4-3-5-9(15)13(8)18-10/h3-5H,2,6-7,15H2,1H3. The molecule has 1 heterocycles. The van der Waals surface area contributed by atoms with E-state index >= 15 is 0 Å². The molecule has 0 bridgehead atoms. The molecule has 2 aromatic rings. The van der Waals surface area contributed by atoms with Gasteiger partial charge in [0.1, 0.15) is 5.76 Å². The van der Waals surface area contributed by atoms with E-state index in [0.717, 1.165) is 15.6 Å². The number of ether oxygens (including phenoxy) is 1. The Morgan fingerprint density at radius 2 is 2.28 bits per heavy atom. The number of esters is 1. The zero-order chi connectivity index (χ0) is 13.1. The van der Waals surface area contributed by atoms with E-state index in [1.807, 2.05) is 12.1 Å². The fourth-order valence-corrected chi connectivity index (χ4v) is 2.36. The zero-order valence-corrected chi connectivity index (χ0v) is 11.6. The van der Waals surface area contributed by atoms with Gasteiger partial charge in [0.2, 0.25) is 0 Å². The number of hydrogen-bond acceptors (Lipinski definition) is 4. The minimum absolute atomic E-state index is 0.224. The topological polar surface area (TPSA) is 65.5 Å². The van der Waals surface area contributed by atoms with Crippen LogP contribution in [0.2, 0.25) is 0 Å². The molecule has 2 N–H and O–H groups in total. The molecule has 0 amide bonds. The number of nitrogen functional groups attached to an aromatic ring is 1. The van der Waals surface area contributed by atoms with Crippen molar-refractivity contribution in [3.63, 3.8) is 0 Å². The summed E-state index contributed by atoms with van der Waals surface area (Å²) in [5.74, 6) is 0.494. The lowest BCUT2D eigenvalue weighted by molar-refractivity contribution is -0.143. The first-order chi connectivity index (χ1) is 8.63. The predicted molar refractivity (Wildman–Crippen MR) is 73.3 cm³/mol. The van der Waals surface area contributed by atoms with Gasteiger partial charge in [-0.05, 0) is 35.0 Å². The Morgan fingerprint density at radius 1 is 1.50 bits per heavy atom. The lowest BCUT2D eigenvalue weighted by Gasteiger charge is -1.99. The molecule has 1 aromatic heterocycles. The molecule has 2 rings (SSSR count). The Morgan fingerprint density at radius 3 is 2.94 bits per heavy atom. The van der Waals surface area contributed by atoms with Crippen molar-refractivity contribution in [2.45, 2.75) is 19.8 Å². The number of carbonyl (C=O) groups is 1. The van der Waals surface area contributed by atoms with E-state index in [4.69, 9.17) is 14.9 Å². The van der Waals surface area contributed by atoms with Crippen molar-refractivity contribution in [2.24, 2.45) is 0 Å². The van der Waals surface area contributed by atoms with Gasteiger partial charge in [0.15, 0.2) is 5.58 Å². The van der Waals surface area contributed by atoms with Crippen LogP contribution in [-0.2, 0) is 16.0 Å². The molecule has 0 aliphatic rings. The Bertz CT molecular complexity index is 577. The number of rotatable bonds is 4. The largest absolute Gasteiger partial charge is 0.466 e. The number of anilines is 1. The molecule has 5 heteroatoms. The quantitative estimate of drug-likeness (QED) is 0.695. The highest BCUT2D eigenvalue weighted by Crippen LogP contribution is 2.34. The summed E-state index contributed by atoms with van der Waals surface area (Å²) in [5.41, 5.74) is 7.08. The van der Waals surface area contributed by atoms with Crippen LogP contribution in [-0.4, -0.2) is 12.6 Å². The number of aryl methyl sites for hydroxylation is 1. The van der Waals surface area contributed by atoms with Crippen LogP contribution in [0.15, 0.2) is 27.1 Å². The second-order valence-electron chi connectivity index (χ2n) is 3.87. The molecule has 4 nitrogen and oxygen atoms in total. The average molecular weight is 312 g/mol. The van der Waals surface area contributed by atoms with Crippen molar-refractivity contribution < 1.29 is 13.9 Å². The summed E-state index contributed by atoms with van der Waals surface area (Å²) in [5, 5.41) is 0.925. The summed E-state index contributed by atoms with van der Waals surface area (Å²) in [6.45, 7) is 2.18. The van der Waals surface area contributed by atoms with Gasteiger partial charge in [-0.1, -0.05) is 6.07 Å². The SMILES string of the molecule is CCOC(=O)CCc1oc2c(N)cccc2c1Br. The van der Waals surface area contributed by atoms with Gasteiger partial charge in [-0.3, -0.25) is 4.79 Å². The average Bonchev–Trinajstić information content (AvgIpc) is 2.66. The molecule has 0 unspecified atom stereocenters. The Hall–Kier alpha value is -1.49. The fourth-order valence-electron chi connectivity index (χ4n) is 1.77. The molecule has 0 atom stereocenters. The number of benzene rings is 1. The summed E-state index contributed by atoms with van der Waals surface area (Å²) in [4.78, 5) is 11.3. The fraction of sp³-hybridized carbons (Fsp3) is 0.308. The maximum atomic E-state index is 11.3. The van der Waals surface area contributed by atoms with Crippen LogP contribution < -0.4 is 5.73 Å². The molecular weight excluding hydrogens is 298 g/mol. The van der Waals surface area contributed by atoms with E-state index in [2.05, 4.69) is 15.9 Å². The van der Waals surface area contributed by atoms with Gasteiger partial charge < -0.3 is 14.9 Å². The second kappa shape index (κ2) is 5.44. The van der Waals surface area contributed by atoms with E-state index in [0.29, 0.717) is 30.7 Å². The van der Waals surface area contributed by atoms with Crippen LogP contribution in [0.1, 0.15) is 19.1 Å². The van der Waals surface area contributed by atoms with Crippen molar-refractivity contribution >= 4 is 38.6 Å². The maximum absolute atomic E-state index is 11.3. The highest BCUT2D eigenvalue weighted by Gasteiger charge is 2.14. The first-order valence-electron chi connectivity index (χ1n) is 5.74. The van der Waals surface area contributed by atoms with E-state index in [1.165, 1.54) is 0 Å². The molecule has 18 heavy (non-hydrogen) atoms. The van der Waals surface area contributed by atoms with Crippen molar-refractivity contribution in [1.82, 2.24) is 0 Å². The minimum Gasteiger partial charge on any atom is -0.466 e. The minimum atomic E-state index is -0.224. The molecule has 1 aromatic carbocycles. The Balaban J connectivity index is 2.21. The highest BCUT2D eigenvalue weighted by atomic mass is 79.9. The maximum Gasteiger partial charge on any atom is 0.306 e. The van der Waals surface area contributed by atoms with Gasteiger partial charge >= 0.3 is 5.97 Å². The van der Waals surface area contributed by atoms with Crippen LogP contribution in [0.5, 0.6) is 0 Å². The number of furan rings is 1. The van der Waals surface area contributed by atoms with E-state index < -0.39 is 0 Å². The number of hydrogen-bond donors (Lipinski definition) is 1. The lowest BCUT2D eigenvalue weighted by atomic mass is 10.2. The highest BCUT2D eigenvalue weighted by molar-refractivity contribution is 9.10. The molecule has 0 radical (unpaired) electrons. The molecule has 0 spiro atoms. The molecule has 0 aliphatic heterocycles. The van der Waals surface area contributed by atoms with E-state index in [-0.39, 0.29) is 5.97 Å². The second-order valence-corrected chi connectivity index (χ2v) is 4.66. The van der Waals surface area contributed by atoms with Crippen molar-refractivity contribution in [3.8, 4) is 0 Å². The van der Waals surface area contributed by atoms with Crippen molar-refractivity contribution in [1.29, 1.82) is 0 Å². The summed E-state index contributed by atoms with van der Waals surface area (Å²) < 4.78 is 11.4. The molecule has 96 valence electrons. The Kier molecular flexibility index (Phi) is 3.91. The third kappa shape index (κ3) is 2.51. The summed E-state index contributed by atoms with van der Waals surface area (Å²) in [7, 11) is 0. The van der Waals surface area contributed by atoms with Gasteiger partial charge in [-0.15, -0.1) is 0 Å². The predicted octanol–water partition coefficient (Wildman–Crippen LogP) is 3.27. The monoisotopic (exact) mass is 311 g/mol. The van der Waals surface area contributed by atoms with Crippen LogP contribution >= 0.6 is 15.9 Å². The van der Waals surface area contributed by atoms with Crippen molar-refractivity contribution in [2.75, 3.05) is 12.3 Å². The number of nitrogens with two attached hydrogens (primary N) is 1. The molecule has 0 fully saturated rings. The van der Waals surface area contributed by atoms with Crippen LogP contribution in [0.4, 0.5) is 5.69 Å². The molecular formula is C13H14BrNO3. The number of carbonyl (C=O) groups excluding carboxylic acids is 1. The smallest absolute Gasteiger partial charge is 0.306 e. The van der Waals surface area contributed by atoms with Gasteiger partial charge in [-0.2, -0.15) is 0 Å². The van der Waals surface area contributed by atoms with Crippen LogP contribution in [0, 0.1) is 0 Å². The zero-order valence-electron chi connectivity index (χ0n) is 10.0. The number of halogens is 1. The number of fused-ring (bicyclic) bond motifs is 1. The lowest BCUT2D eigenvalue weighted by Crippen LogP contribution is -2.04. The van der Waals surface area contributed by atoms with E-state index in [1.54, 1.807) is 13.0 Å². The molecule has 0 aliphatic carbocycles. The number of para-hydroxylation sites is 1. The third-order valence-electron chi connectivity index (χ3n) is 2.61. The van der Waals surface area contributed by atoms with Gasteiger partial charge in [-0.25, -0.2) is 0 Å². The normalized spacial score (nSPS) is 10.8. The summed E-state index contributed by atoms with van der Waals surface area (Å²) in [6.07, 6.45) is 0.791. The first-order valence-corrected chi connectivity index (χ1v) is 6.53.